The van der Waals surface area contributed by atoms with Crippen LogP contribution in [-0.2, 0) is 6.61 Å². The van der Waals surface area contributed by atoms with Crippen LogP contribution >= 0.6 is 0 Å². The van der Waals surface area contributed by atoms with E-state index < -0.39 is 0 Å². The highest BCUT2D eigenvalue weighted by Crippen LogP contribution is 2.09. The first-order valence-corrected chi connectivity index (χ1v) is 3.36. The fourth-order valence-corrected chi connectivity index (χ4v) is 0.880. The van der Waals surface area contributed by atoms with Gasteiger partial charge in [-0.05, 0) is 17.7 Å². The van der Waals surface area contributed by atoms with Crippen LogP contribution in [0.2, 0.25) is 0 Å². The highest BCUT2D eigenvalue weighted by Gasteiger charge is 2.00. The van der Waals surface area contributed by atoms with Gasteiger partial charge in [-0.1, -0.05) is 6.07 Å². The number of hydrogen-bond donors (Lipinski definition) is 1. The highest BCUT2D eigenvalue weighted by molar-refractivity contribution is 5.47. The van der Waals surface area contributed by atoms with Gasteiger partial charge in [0.25, 0.3) is 0 Å². The summed E-state index contributed by atoms with van der Waals surface area (Å²) >= 11 is 0. The standard InChI is InChI=1S/C9H6N2O/c10-4-8-2-1-7(6-12)3-9(8)5-11/h1-3,12H,6H2. The smallest absolute Gasteiger partial charge is 0.101 e. The molecule has 58 valence electrons. The van der Waals surface area contributed by atoms with Crippen molar-refractivity contribution in [3.63, 3.8) is 0 Å². The molecular formula is C9H6N2O. The summed E-state index contributed by atoms with van der Waals surface area (Å²) in [4.78, 5) is 0. The molecule has 1 rings (SSSR count). The normalized spacial score (nSPS) is 8.58. The maximum atomic E-state index is 8.73. The molecule has 3 nitrogen and oxygen atoms in total. The SMILES string of the molecule is N#Cc1ccc(CO)cc1C#N. The van der Waals surface area contributed by atoms with E-state index in [4.69, 9.17) is 15.6 Å². The summed E-state index contributed by atoms with van der Waals surface area (Å²) in [6, 6.07) is 8.45. The molecule has 0 fully saturated rings. The molecule has 0 amide bonds. The van der Waals surface area contributed by atoms with Crippen LogP contribution in [0.1, 0.15) is 16.7 Å². The molecule has 0 saturated carbocycles. The molecule has 0 aliphatic rings. The quantitative estimate of drug-likeness (QED) is 0.660. The number of nitrogens with zero attached hydrogens (tertiary/aromatic N) is 2. The van der Waals surface area contributed by atoms with Crippen LogP contribution in [0.3, 0.4) is 0 Å². The minimum absolute atomic E-state index is 0.111. The van der Waals surface area contributed by atoms with Gasteiger partial charge in [0, 0.05) is 0 Å². The summed E-state index contributed by atoms with van der Waals surface area (Å²) in [5, 5.41) is 25.9. The van der Waals surface area contributed by atoms with E-state index in [-0.39, 0.29) is 6.61 Å². The van der Waals surface area contributed by atoms with Crippen molar-refractivity contribution in [3.8, 4) is 12.1 Å². The van der Waals surface area contributed by atoms with Gasteiger partial charge in [-0.25, -0.2) is 0 Å². The summed E-state index contributed by atoms with van der Waals surface area (Å²) in [5.41, 5.74) is 1.30. The predicted molar refractivity (Wildman–Crippen MR) is 41.8 cm³/mol. The monoisotopic (exact) mass is 158 g/mol. The van der Waals surface area contributed by atoms with Crippen molar-refractivity contribution in [1.82, 2.24) is 0 Å². The molecule has 1 N–H and O–H groups in total. The lowest BCUT2D eigenvalue weighted by Crippen LogP contribution is -1.88. The van der Waals surface area contributed by atoms with Gasteiger partial charge in [0.1, 0.15) is 12.1 Å². The summed E-state index contributed by atoms with van der Waals surface area (Å²) in [7, 11) is 0. The van der Waals surface area contributed by atoms with Gasteiger partial charge >= 0.3 is 0 Å². The minimum atomic E-state index is -0.111. The molecule has 12 heavy (non-hydrogen) atoms. The van der Waals surface area contributed by atoms with Crippen molar-refractivity contribution in [1.29, 1.82) is 10.5 Å². The lowest BCUT2D eigenvalue weighted by Gasteiger charge is -1.97. The zero-order chi connectivity index (χ0) is 8.97. The Labute approximate surface area is 70.1 Å². The van der Waals surface area contributed by atoms with E-state index in [9.17, 15) is 0 Å². The summed E-state index contributed by atoms with van der Waals surface area (Å²) in [5.74, 6) is 0. The van der Waals surface area contributed by atoms with Gasteiger partial charge in [0.2, 0.25) is 0 Å². The van der Waals surface area contributed by atoms with Gasteiger partial charge in [-0.3, -0.25) is 0 Å². The first kappa shape index (κ1) is 8.26. The molecule has 0 aliphatic carbocycles. The van der Waals surface area contributed by atoms with Crippen LogP contribution in [0.4, 0.5) is 0 Å². The Kier molecular flexibility index (Phi) is 2.42. The zero-order valence-corrected chi connectivity index (χ0v) is 6.28. The van der Waals surface area contributed by atoms with Crippen LogP contribution < -0.4 is 0 Å². The maximum Gasteiger partial charge on any atom is 0.101 e. The second-order valence-corrected chi connectivity index (χ2v) is 2.26. The molecule has 0 heterocycles. The van der Waals surface area contributed by atoms with Crippen LogP contribution in [0, 0.1) is 22.7 Å². The van der Waals surface area contributed by atoms with Crippen molar-refractivity contribution in [3.05, 3.63) is 34.9 Å². The van der Waals surface area contributed by atoms with E-state index >= 15 is 0 Å². The number of hydrogen-bond acceptors (Lipinski definition) is 3. The van der Waals surface area contributed by atoms with Gasteiger partial charge in [0.15, 0.2) is 0 Å². The molecule has 0 aromatic heterocycles. The van der Waals surface area contributed by atoms with Crippen molar-refractivity contribution < 1.29 is 5.11 Å². The van der Waals surface area contributed by atoms with E-state index in [1.165, 1.54) is 12.1 Å². The Morgan fingerprint density at radius 2 is 1.83 bits per heavy atom. The van der Waals surface area contributed by atoms with Gasteiger partial charge in [-0.2, -0.15) is 10.5 Å². The summed E-state index contributed by atoms with van der Waals surface area (Å²) in [6.07, 6.45) is 0. The van der Waals surface area contributed by atoms with Gasteiger partial charge < -0.3 is 5.11 Å². The molecular weight excluding hydrogens is 152 g/mol. The molecule has 0 unspecified atom stereocenters. The average molecular weight is 158 g/mol. The molecule has 0 spiro atoms. The minimum Gasteiger partial charge on any atom is -0.392 e. The highest BCUT2D eigenvalue weighted by atomic mass is 16.3. The van der Waals surface area contributed by atoms with E-state index in [2.05, 4.69) is 0 Å². The third kappa shape index (κ3) is 1.42. The molecule has 0 atom stereocenters. The van der Waals surface area contributed by atoms with Crippen molar-refractivity contribution in [2.24, 2.45) is 0 Å². The van der Waals surface area contributed by atoms with Crippen LogP contribution in [-0.4, -0.2) is 5.11 Å². The molecule has 0 bridgehead atoms. The Hall–Kier alpha value is -1.84. The van der Waals surface area contributed by atoms with E-state index in [0.29, 0.717) is 16.7 Å². The molecule has 0 saturated heterocycles. The Morgan fingerprint density at radius 3 is 2.33 bits per heavy atom. The average Bonchev–Trinajstić information content (AvgIpc) is 2.16. The largest absolute Gasteiger partial charge is 0.392 e. The Morgan fingerprint density at radius 1 is 1.17 bits per heavy atom. The zero-order valence-electron chi connectivity index (χ0n) is 6.28. The molecule has 1 aromatic carbocycles. The third-order valence-electron chi connectivity index (χ3n) is 1.51. The lowest BCUT2D eigenvalue weighted by atomic mass is 10.1. The first-order valence-electron chi connectivity index (χ1n) is 3.36. The third-order valence-corrected chi connectivity index (χ3v) is 1.51. The van der Waals surface area contributed by atoms with Crippen LogP contribution in [0.25, 0.3) is 0 Å². The predicted octanol–water partition coefficient (Wildman–Crippen LogP) is 0.922. The Bertz CT molecular complexity index is 371. The maximum absolute atomic E-state index is 8.73. The van der Waals surface area contributed by atoms with Crippen LogP contribution in [0.5, 0.6) is 0 Å². The molecule has 3 heteroatoms. The topological polar surface area (TPSA) is 67.8 Å². The molecule has 1 aromatic rings. The van der Waals surface area contributed by atoms with E-state index in [1.54, 1.807) is 6.07 Å². The molecule has 0 aliphatic heterocycles. The second kappa shape index (κ2) is 3.52. The van der Waals surface area contributed by atoms with Crippen molar-refractivity contribution in [2.45, 2.75) is 6.61 Å². The van der Waals surface area contributed by atoms with Gasteiger partial charge in [0.05, 0.1) is 17.7 Å². The Balaban J connectivity index is 3.25. The number of aliphatic hydroxyl groups is 1. The van der Waals surface area contributed by atoms with Gasteiger partial charge in [-0.15, -0.1) is 0 Å². The van der Waals surface area contributed by atoms with E-state index in [0.717, 1.165) is 0 Å². The second-order valence-electron chi connectivity index (χ2n) is 2.26. The first-order chi connectivity index (χ1) is 5.81. The summed E-state index contributed by atoms with van der Waals surface area (Å²) < 4.78 is 0. The number of nitriles is 2. The summed E-state index contributed by atoms with van der Waals surface area (Å²) in [6.45, 7) is -0.111. The lowest BCUT2D eigenvalue weighted by molar-refractivity contribution is 0.282. The number of rotatable bonds is 1. The van der Waals surface area contributed by atoms with E-state index in [1.807, 2.05) is 12.1 Å². The van der Waals surface area contributed by atoms with Crippen LogP contribution in [0.15, 0.2) is 18.2 Å². The number of benzene rings is 1. The fraction of sp³-hybridized carbons (Fsp3) is 0.111. The van der Waals surface area contributed by atoms with Crippen molar-refractivity contribution in [2.75, 3.05) is 0 Å². The van der Waals surface area contributed by atoms with Crippen molar-refractivity contribution >= 4 is 0 Å². The number of aliphatic hydroxyl groups excluding tert-OH is 1. The molecule has 0 radical (unpaired) electrons. The fourth-order valence-electron chi connectivity index (χ4n) is 0.880.